The number of rotatable bonds is 6. The van der Waals surface area contributed by atoms with Crippen molar-refractivity contribution in [2.24, 2.45) is 0 Å². The maximum Gasteiger partial charge on any atom is 0.326 e. The van der Waals surface area contributed by atoms with Crippen molar-refractivity contribution in [3.05, 3.63) is 30.1 Å². The minimum atomic E-state index is -1.08. The number of nitrogens with zero attached hydrogens (tertiary/aromatic N) is 2. The third kappa shape index (κ3) is 4.72. The maximum atomic E-state index is 12.2. The Morgan fingerprint density at radius 2 is 2.04 bits per heavy atom. The molecular formula is C16H20N4O4S. The number of hydrogen-bond donors (Lipinski definition) is 2. The molecule has 1 atom stereocenters. The zero-order valence-corrected chi connectivity index (χ0v) is 15.1. The second-order valence-electron chi connectivity index (χ2n) is 5.24. The molecule has 2 rings (SSSR count). The van der Waals surface area contributed by atoms with Gasteiger partial charge in [-0.2, -0.15) is 11.8 Å². The zero-order valence-electron chi connectivity index (χ0n) is 14.2. The van der Waals surface area contributed by atoms with Crippen LogP contribution in [0.2, 0.25) is 0 Å². The molecule has 0 unspecified atom stereocenters. The van der Waals surface area contributed by atoms with Crippen molar-refractivity contribution in [3.8, 4) is 0 Å². The number of hydrogen-bond acceptors (Lipinski definition) is 6. The largest absolute Gasteiger partial charge is 0.451 e. The number of aromatic nitrogens is 2. The van der Waals surface area contributed by atoms with Gasteiger partial charge < -0.3 is 14.6 Å². The van der Waals surface area contributed by atoms with E-state index in [9.17, 15) is 14.4 Å². The quantitative estimate of drug-likeness (QED) is 0.749. The fourth-order valence-corrected chi connectivity index (χ4v) is 2.71. The number of carbonyl (C=O) groups excluding carboxylic acids is 3. The van der Waals surface area contributed by atoms with Gasteiger partial charge in [0.1, 0.15) is 12.4 Å². The van der Waals surface area contributed by atoms with Gasteiger partial charge in [-0.25, -0.2) is 9.78 Å². The van der Waals surface area contributed by atoms with E-state index in [0.717, 1.165) is 16.9 Å². The molecule has 1 aromatic carbocycles. The van der Waals surface area contributed by atoms with Crippen molar-refractivity contribution >= 4 is 40.7 Å². The van der Waals surface area contributed by atoms with Crippen molar-refractivity contribution in [2.75, 3.05) is 13.3 Å². The van der Waals surface area contributed by atoms with Crippen LogP contribution in [0.1, 0.15) is 12.7 Å². The lowest BCUT2D eigenvalue weighted by atomic mass is 10.3. The van der Waals surface area contributed by atoms with Crippen LogP contribution in [-0.2, 0) is 26.6 Å². The molecule has 0 aliphatic carbocycles. The molecule has 25 heavy (non-hydrogen) atoms. The minimum absolute atomic E-state index is 0.0615. The van der Waals surface area contributed by atoms with Gasteiger partial charge in [-0.1, -0.05) is 12.1 Å². The Morgan fingerprint density at radius 1 is 1.32 bits per heavy atom. The van der Waals surface area contributed by atoms with Gasteiger partial charge in [0.2, 0.25) is 0 Å². The van der Waals surface area contributed by atoms with Crippen LogP contribution in [0.4, 0.5) is 4.79 Å². The highest BCUT2D eigenvalue weighted by molar-refractivity contribution is 7.97. The average Bonchev–Trinajstić information content (AvgIpc) is 2.92. The van der Waals surface area contributed by atoms with Gasteiger partial charge in [0, 0.05) is 7.05 Å². The van der Waals surface area contributed by atoms with Crippen LogP contribution in [0.5, 0.6) is 0 Å². The molecule has 0 radical (unpaired) electrons. The van der Waals surface area contributed by atoms with Crippen LogP contribution >= 0.6 is 11.8 Å². The number of para-hydroxylation sites is 2. The molecular weight excluding hydrogens is 344 g/mol. The van der Waals surface area contributed by atoms with Crippen molar-refractivity contribution < 1.29 is 19.1 Å². The van der Waals surface area contributed by atoms with Crippen LogP contribution in [0.25, 0.3) is 11.0 Å². The van der Waals surface area contributed by atoms with E-state index in [1.54, 1.807) is 16.3 Å². The van der Waals surface area contributed by atoms with E-state index in [1.807, 2.05) is 30.5 Å². The van der Waals surface area contributed by atoms with E-state index < -0.39 is 24.0 Å². The first-order valence-corrected chi connectivity index (χ1v) is 9.00. The second-order valence-corrected chi connectivity index (χ2v) is 6.10. The SMILES string of the molecule is CNC(=O)NC(=O)[C@@H](C)OC(=O)Cn1c(CSC)nc2ccccc21. The molecule has 0 bridgehead atoms. The Balaban J connectivity index is 2.09. The predicted octanol–water partition coefficient (Wildman–Crippen LogP) is 1.29. The lowest BCUT2D eigenvalue weighted by Gasteiger charge is -2.14. The fourth-order valence-electron chi connectivity index (χ4n) is 2.23. The van der Waals surface area contributed by atoms with E-state index >= 15 is 0 Å². The number of urea groups is 1. The molecule has 1 heterocycles. The van der Waals surface area contributed by atoms with Crippen molar-refractivity contribution in [3.63, 3.8) is 0 Å². The number of imide groups is 1. The monoisotopic (exact) mass is 364 g/mol. The van der Waals surface area contributed by atoms with E-state index in [-0.39, 0.29) is 6.54 Å². The summed E-state index contributed by atoms with van der Waals surface area (Å²) in [6, 6.07) is 6.85. The van der Waals surface area contributed by atoms with Gasteiger partial charge in [-0.15, -0.1) is 0 Å². The highest BCUT2D eigenvalue weighted by atomic mass is 32.2. The van der Waals surface area contributed by atoms with Crippen molar-refractivity contribution in [2.45, 2.75) is 25.3 Å². The molecule has 0 aliphatic rings. The Hall–Kier alpha value is -2.55. The van der Waals surface area contributed by atoms with Gasteiger partial charge in [-0.3, -0.25) is 14.9 Å². The number of thioether (sulfide) groups is 1. The predicted molar refractivity (Wildman–Crippen MR) is 95.1 cm³/mol. The topological polar surface area (TPSA) is 102 Å². The standard InChI is InChI=1S/C16H20N4O4S/c1-10(15(22)19-16(23)17-2)24-14(21)8-20-12-7-5-4-6-11(12)18-13(20)9-25-3/h4-7,10H,8-9H2,1-3H3,(H2,17,19,22,23)/t10-/m1/s1. The summed E-state index contributed by atoms with van der Waals surface area (Å²) >= 11 is 1.60. The number of nitrogens with one attached hydrogen (secondary N) is 2. The smallest absolute Gasteiger partial charge is 0.326 e. The van der Waals surface area contributed by atoms with E-state index in [4.69, 9.17) is 4.74 Å². The summed E-state index contributed by atoms with van der Waals surface area (Å²) in [4.78, 5) is 39.6. The lowest BCUT2D eigenvalue weighted by Crippen LogP contribution is -2.43. The Bertz CT molecular complexity index is 790. The van der Waals surface area contributed by atoms with Crippen LogP contribution in [-0.4, -0.2) is 46.9 Å². The summed E-state index contributed by atoms with van der Waals surface area (Å²) < 4.78 is 6.90. The second kappa shape index (κ2) is 8.52. The molecule has 2 N–H and O–H groups in total. The summed E-state index contributed by atoms with van der Waals surface area (Å²) in [7, 11) is 1.39. The molecule has 0 saturated carbocycles. The van der Waals surface area contributed by atoms with Crippen LogP contribution in [0.3, 0.4) is 0 Å². The molecule has 0 saturated heterocycles. The van der Waals surface area contributed by atoms with Crippen LogP contribution in [0.15, 0.2) is 24.3 Å². The molecule has 0 fully saturated rings. The van der Waals surface area contributed by atoms with Crippen molar-refractivity contribution in [1.82, 2.24) is 20.2 Å². The molecule has 0 aliphatic heterocycles. The van der Waals surface area contributed by atoms with Gasteiger partial charge >= 0.3 is 12.0 Å². The fraction of sp³-hybridized carbons (Fsp3) is 0.375. The van der Waals surface area contributed by atoms with Gasteiger partial charge in [0.15, 0.2) is 6.10 Å². The van der Waals surface area contributed by atoms with Crippen LogP contribution < -0.4 is 10.6 Å². The summed E-state index contributed by atoms with van der Waals surface area (Å²) in [5.41, 5.74) is 1.62. The number of esters is 1. The molecule has 8 nitrogen and oxygen atoms in total. The first-order valence-electron chi connectivity index (χ1n) is 7.61. The third-order valence-electron chi connectivity index (χ3n) is 3.44. The minimum Gasteiger partial charge on any atom is -0.451 e. The number of benzene rings is 1. The number of amides is 3. The first-order chi connectivity index (χ1) is 12.0. The number of ether oxygens (including phenoxy) is 1. The molecule has 3 amide bonds. The van der Waals surface area contributed by atoms with Gasteiger partial charge in [-0.05, 0) is 25.3 Å². The maximum absolute atomic E-state index is 12.2. The Kier molecular flexibility index (Phi) is 6.40. The van der Waals surface area contributed by atoms with Crippen LogP contribution in [0, 0.1) is 0 Å². The highest BCUT2D eigenvalue weighted by Gasteiger charge is 2.21. The average molecular weight is 364 g/mol. The summed E-state index contributed by atoms with van der Waals surface area (Å²) in [5.74, 6) is 0.139. The molecule has 9 heteroatoms. The van der Waals surface area contributed by atoms with Crippen molar-refractivity contribution in [1.29, 1.82) is 0 Å². The lowest BCUT2D eigenvalue weighted by molar-refractivity contribution is -0.155. The van der Waals surface area contributed by atoms with Gasteiger partial charge in [0.25, 0.3) is 5.91 Å². The molecule has 1 aromatic heterocycles. The number of imidazole rings is 1. The van der Waals surface area contributed by atoms with E-state index in [2.05, 4.69) is 15.6 Å². The number of carbonyl (C=O) groups is 3. The zero-order chi connectivity index (χ0) is 18.4. The Morgan fingerprint density at radius 3 is 2.72 bits per heavy atom. The summed E-state index contributed by atoms with van der Waals surface area (Å²) in [6.45, 7) is 1.35. The summed E-state index contributed by atoms with van der Waals surface area (Å²) in [5, 5.41) is 4.32. The number of fused-ring (bicyclic) bond motifs is 1. The van der Waals surface area contributed by atoms with Gasteiger partial charge in [0.05, 0.1) is 16.8 Å². The summed E-state index contributed by atoms with van der Waals surface area (Å²) in [6.07, 6.45) is 0.872. The third-order valence-corrected chi connectivity index (χ3v) is 3.98. The first kappa shape index (κ1) is 18.8. The molecule has 0 spiro atoms. The molecule has 134 valence electrons. The molecule has 2 aromatic rings. The van der Waals surface area contributed by atoms with E-state index in [0.29, 0.717) is 5.75 Å². The Labute approximate surface area is 149 Å². The highest BCUT2D eigenvalue weighted by Crippen LogP contribution is 2.19. The normalized spacial score (nSPS) is 11.8. The van der Waals surface area contributed by atoms with E-state index in [1.165, 1.54) is 14.0 Å².